The van der Waals surface area contributed by atoms with Crippen molar-refractivity contribution in [3.05, 3.63) is 0 Å². The Morgan fingerprint density at radius 3 is 2.00 bits per heavy atom. The van der Waals surface area contributed by atoms with Gasteiger partial charge in [-0.05, 0) is 25.9 Å². The molecule has 8 heteroatoms. The van der Waals surface area contributed by atoms with Crippen molar-refractivity contribution in [2.45, 2.75) is 82.7 Å². The van der Waals surface area contributed by atoms with E-state index in [9.17, 15) is 25.2 Å². The third kappa shape index (κ3) is 11.8. The summed E-state index contributed by atoms with van der Waals surface area (Å²) in [4.78, 5) is 11.7. The molecule has 0 aromatic carbocycles. The Kier molecular flexibility index (Phi) is 15.9. The van der Waals surface area contributed by atoms with Crippen LogP contribution < -0.4 is 10.6 Å². The molecular formula is C18H38N2O6. The van der Waals surface area contributed by atoms with Crippen LogP contribution in [0.3, 0.4) is 0 Å². The van der Waals surface area contributed by atoms with Crippen LogP contribution in [0.1, 0.15) is 58.3 Å². The summed E-state index contributed by atoms with van der Waals surface area (Å²) < 4.78 is 0. The van der Waals surface area contributed by atoms with Crippen molar-refractivity contribution in [3.8, 4) is 0 Å². The van der Waals surface area contributed by atoms with Crippen molar-refractivity contribution in [2.75, 3.05) is 26.2 Å². The van der Waals surface area contributed by atoms with Gasteiger partial charge in [0.05, 0.1) is 6.61 Å². The minimum absolute atomic E-state index is 0.325. The normalized spacial score (nSPS) is 16.1. The monoisotopic (exact) mass is 378 g/mol. The second-order valence-electron chi connectivity index (χ2n) is 6.69. The van der Waals surface area contributed by atoms with Gasteiger partial charge in [0, 0.05) is 6.54 Å². The number of aliphatic hydroxyl groups is 5. The maximum atomic E-state index is 11.7. The molecule has 0 aromatic heterocycles. The summed E-state index contributed by atoms with van der Waals surface area (Å²) in [5, 5.41) is 52.4. The van der Waals surface area contributed by atoms with Crippen molar-refractivity contribution in [1.82, 2.24) is 10.6 Å². The topological polar surface area (TPSA) is 142 Å². The largest absolute Gasteiger partial charge is 0.394 e. The molecule has 1 amide bonds. The first-order chi connectivity index (χ1) is 12.5. The first-order valence-corrected chi connectivity index (χ1v) is 9.77. The zero-order chi connectivity index (χ0) is 19.8. The Hall–Kier alpha value is -0.770. The number of unbranched alkanes of at least 4 members (excludes halogenated alkanes) is 6. The highest BCUT2D eigenvalue weighted by atomic mass is 16.4. The van der Waals surface area contributed by atoms with Crippen LogP contribution in [0, 0.1) is 0 Å². The first-order valence-electron chi connectivity index (χ1n) is 9.77. The lowest BCUT2D eigenvalue weighted by molar-refractivity contribution is -0.148. The molecule has 0 aromatic rings. The van der Waals surface area contributed by atoms with E-state index in [0.29, 0.717) is 13.0 Å². The van der Waals surface area contributed by atoms with Gasteiger partial charge in [-0.15, -0.1) is 0 Å². The highest BCUT2D eigenvalue weighted by Crippen LogP contribution is 2.06. The number of carbonyl (C=O) groups excluding carboxylic acids is 1. The van der Waals surface area contributed by atoms with E-state index in [2.05, 4.69) is 17.6 Å². The van der Waals surface area contributed by atoms with Crippen LogP contribution in [0.4, 0.5) is 0 Å². The standard InChI is InChI=1S/C18H38N2O6/c1-2-3-4-5-6-7-8-10-19-11-9-12-20-18(26)17(25)16(24)15(23)14(22)13-21/h14-17,19,21-25H,2-13H2,1H3,(H,20,26)/t14-,15-,16+,17-/m1/s1. The number of aliphatic hydroxyl groups excluding tert-OH is 5. The van der Waals surface area contributed by atoms with Crippen LogP contribution in [0.25, 0.3) is 0 Å². The smallest absolute Gasteiger partial charge is 0.251 e. The minimum Gasteiger partial charge on any atom is -0.394 e. The van der Waals surface area contributed by atoms with Gasteiger partial charge >= 0.3 is 0 Å². The molecule has 4 atom stereocenters. The van der Waals surface area contributed by atoms with E-state index in [1.807, 2.05) is 0 Å². The van der Waals surface area contributed by atoms with Crippen molar-refractivity contribution in [3.63, 3.8) is 0 Å². The molecule has 0 fully saturated rings. The highest BCUT2D eigenvalue weighted by molar-refractivity contribution is 5.81. The fourth-order valence-corrected chi connectivity index (χ4v) is 2.54. The molecule has 156 valence electrons. The van der Waals surface area contributed by atoms with Crippen molar-refractivity contribution in [1.29, 1.82) is 0 Å². The van der Waals surface area contributed by atoms with Crippen LogP contribution in [0.5, 0.6) is 0 Å². The van der Waals surface area contributed by atoms with Crippen molar-refractivity contribution < 1.29 is 30.3 Å². The number of nitrogens with one attached hydrogen (secondary N) is 2. The number of carbonyl (C=O) groups is 1. The van der Waals surface area contributed by atoms with Gasteiger partial charge in [-0.3, -0.25) is 4.79 Å². The molecule has 0 saturated carbocycles. The fraction of sp³-hybridized carbons (Fsp3) is 0.944. The van der Waals surface area contributed by atoms with Crippen LogP contribution in [0.2, 0.25) is 0 Å². The molecule has 0 aliphatic heterocycles. The van der Waals surface area contributed by atoms with Crippen LogP contribution >= 0.6 is 0 Å². The molecule has 0 unspecified atom stereocenters. The van der Waals surface area contributed by atoms with Gasteiger partial charge in [0.25, 0.3) is 5.91 Å². The number of amides is 1. The van der Waals surface area contributed by atoms with Gasteiger partial charge in [-0.1, -0.05) is 45.4 Å². The Balaban J connectivity index is 3.61. The van der Waals surface area contributed by atoms with Crippen LogP contribution in [0.15, 0.2) is 0 Å². The van der Waals surface area contributed by atoms with Crippen molar-refractivity contribution in [2.24, 2.45) is 0 Å². The predicted octanol–water partition coefficient (Wildman–Crippen LogP) is -0.731. The summed E-state index contributed by atoms with van der Waals surface area (Å²) in [7, 11) is 0. The molecule has 7 N–H and O–H groups in total. The Labute approximate surface area is 156 Å². The molecule has 0 rings (SSSR count). The molecule has 0 aliphatic carbocycles. The second kappa shape index (κ2) is 16.4. The van der Waals surface area contributed by atoms with E-state index in [4.69, 9.17) is 5.11 Å². The lowest BCUT2D eigenvalue weighted by Gasteiger charge is -2.24. The third-order valence-corrected chi connectivity index (χ3v) is 4.31. The van der Waals surface area contributed by atoms with Gasteiger partial charge in [-0.25, -0.2) is 0 Å². The summed E-state index contributed by atoms with van der Waals surface area (Å²) in [5.41, 5.74) is 0. The fourth-order valence-electron chi connectivity index (χ4n) is 2.54. The van der Waals surface area contributed by atoms with E-state index in [-0.39, 0.29) is 0 Å². The molecule has 0 aliphatic rings. The lowest BCUT2D eigenvalue weighted by atomic mass is 10.0. The van der Waals surface area contributed by atoms with E-state index in [0.717, 1.165) is 19.5 Å². The van der Waals surface area contributed by atoms with E-state index < -0.39 is 36.9 Å². The van der Waals surface area contributed by atoms with Gasteiger partial charge in [-0.2, -0.15) is 0 Å². The van der Waals surface area contributed by atoms with Gasteiger partial charge in [0.2, 0.25) is 0 Å². The molecule has 26 heavy (non-hydrogen) atoms. The van der Waals surface area contributed by atoms with E-state index >= 15 is 0 Å². The third-order valence-electron chi connectivity index (χ3n) is 4.31. The number of hydrogen-bond donors (Lipinski definition) is 7. The Morgan fingerprint density at radius 2 is 1.38 bits per heavy atom. The molecule has 0 heterocycles. The SMILES string of the molecule is CCCCCCCCCNCCCNC(=O)[C@H](O)[C@@H](O)[C@H](O)[C@H](O)CO. The zero-order valence-electron chi connectivity index (χ0n) is 15.9. The van der Waals surface area contributed by atoms with E-state index in [1.54, 1.807) is 0 Å². The molecule has 8 nitrogen and oxygen atoms in total. The lowest BCUT2D eigenvalue weighted by Crippen LogP contribution is -2.51. The summed E-state index contributed by atoms with van der Waals surface area (Å²) in [5.74, 6) is -0.825. The van der Waals surface area contributed by atoms with E-state index in [1.165, 1.54) is 38.5 Å². The van der Waals surface area contributed by atoms with Gasteiger partial charge in [0.1, 0.15) is 18.3 Å². The summed E-state index contributed by atoms with van der Waals surface area (Å²) >= 11 is 0. The highest BCUT2D eigenvalue weighted by Gasteiger charge is 2.33. The molecular weight excluding hydrogens is 340 g/mol. The number of rotatable bonds is 17. The minimum atomic E-state index is -1.87. The molecule has 0 bridgehead atoms. The predicted molar refractivity (Wildman–Crippen MR) is 99.6 cm³/mol. The van der Waals surface area contributed by atoms with Gasteiger partial charge < -0.3 is 36.2 Å². The summed E-state index contributed by atoms with van der Waals surface area (Å²) in [6.45, 7) is 3.43. The zero-order valence-corrected chi connectivity index (χ0v) is 15.9. The maximum Gasteiger partial charge on any atom is 0.251 e. The first kappa shape index (κ1) is 25.2. The quantitative estimate of drug-likeness (QED) is 0.165. The summed E-state index contributed by atoms with van der Waals surface area (Å²) in [6.07, 6.45) is 2.34. The van der Waals surface area contributed by atoms with Crippen LogP contribution in [-0.4, -0.2) is 82.1 Å². The second-order valence-corrected chi connectivity index (χ2v) is 6.69. The average Bonchev–Trinajstić information content (AvgIpc) is 2.66. The number of hydrogen-bond acceptors (Lipinski definition) is 7. The van der Waals surface area contributed by atoms with Crippen LogP contribution in [-0.2, 0) is 4.79 Å². The maximum absolute atomic E-state index is 11.7. The molecule has 0 radical (unpaired) electrons. The Bertz CT molecular complexity index is 346. The molecule has 0 saturated heterocycles. The van der Waals surface area contributed by atoms with Crippen molar-refractivity contribution >= 4 is 5.91 Å². The average molecular weight is 379 g/mol. The Morgan fingerprint density at radius 1 is 0.808 bits per heavy atom. The summed E-state index contributed by atoms with van der Waals surface area (Å²) in [6, 6.07) is 0. The molecule has 0 spiro atoms. The van der Waals surface area contributed by atoms with Gasteiger partial charge in [0.15, 0.2) is 6.10 Å².